The number of ether oxygens (including phenoxy) is 3. The monoisotopic (exact) mass is 252 g/mol. The SMILES string of the molecule is CCOC(=O)C1=C(C(=O)OCC)C2CC1C1OC21. The standard InChI is InChI=1S/C13H16O5/c1-3-16-12(14)8-6-5-7(11-10(6)18-11)9(8)13(15)17-4-2/h6-7,10-11H,3-5H2,1-2H3. The van der Waals surface area contributed by atoms with Gasteiger partial charge in [0.2, 0.25) is 0 Å². The van der Waals surface area contributed by atoms with E-state index in [1.54, 1.807) is 13.8 Å². The second-order valence-corrected chi connectivity index (χ2v) is 4.78. The first-order chi connectivity index (χ1) is 8.69. The molecule has 1 saturated heterocycles. The Labute approximate surface area is 105 Å². The summed E-state index contributed by atoms with van der Waals surface area (Å²) in [5, 5.41) is 0. The lowest BCUT2D eigenvalue weighted by Crippen LogP contribution is -2.25. The molecule has 2 aliphatic carbocycles. The van der Waals surface area contributed by atoms with Crippen LogP contribution in [0.2, 0.25) is 0 Å². The largest absolute Gasteiger partial charge is 0.463 e. The van der Waals surface area contributed by atoms with Crippen molar-refractivity contribution < 1.29 is 23.8 Å². The van der Waals surface area contributed by atoms with Gasteiger partial charge in [0.25, 0.3) is 0 Å². The predicted molar refractivity (Wildman–Crippen MR) is 60.6 cm³/mol. The van der Waals surface area contributed by atoms with E-state index in [1.165, 1.54) is 0 Å². The first-order valence-electron chi connectivity index (χ1n) is 6.42. The molecule has 2 bridgehead atoms. The highest BCUT2D eigenvalue weighted by Crippen LogP contribution is 2.59. The smallest absolute Gasteiger partial charge is 0.334 e. The van der Waals surface area contributed by atoms with Crippen molar-refractivity contribution in [2.75, 3.05) is 13.2 Å². The molecule has 1 heterocycles. The minimum Gasteiger partial charge on any atom is -0.463 e. The molecule has 4 atom stereocenters. The molecule has 0 N–H and O–H groups in total. The van der Waals surface area contributed by atoms with Gasteiger partial charge in [0.05, 0.1) is 36.6 Å². The van der Waals surface area contributed by atoms with E-state index in [9.17, 15) is 9.59 Å². The van der Waals surface area contributed by atoms with Gasteiger partial charge in [0.1, 0.15) is 0 Å². The fourth-order valence-electron chi connectivity index (χ4n) is 3.23. The van der Waals surface area contributed by atoms with E-state index in [1.807, 2.05) is 0 Å². The molecule has 5 heteroatoms. The Hall–Kier alpha value is -1.36. The molecular formula is C13H16O5. The lowest BCUT2D eigenvalue weighted by atomic mass is 9.92. The highest BCUT2D eigenvalue weighted by molar-refractivity contribution is 6.03. The maximum Gasteiger partial charge on any atom is 0.334 e. The summed E-state index contributed by atoms with van der Waals surface area (Å²) in [4.78, 5) is 23.9. The zero-order valence-electron chi connectivity index (χ0n) is 10.5. The van der Waals surface area contributed by atoms with Crippen molar-refractivity contribution in [3.05, 3.63) is 11.1 Å². The number of rotatable bonds is 4. The molecular weight excluding hydrogens is 236 g/mol. The van der Waals surface area contributed by atoms with Crippen LogP contribution < -0.4 is 0 Å². The van der Waals surface area contributed by atoms with Gasteiger partial charge in [0.15, 0.2) is 0 Å². The molecule has 3 rings (SSSR count). The predicted octanol–water partition coefficient (Wildman–Crippen LogP) is 0.826. The van der Waals surface area contributed by atoms with Crippen molar-refractivity contribution >= 4 is 11.9 Å². The Morgan fingerprint density at radius 3 is 1.89 bits per heavy atom. The highest BCUT2D eigenvalue weighted by atomic mass is 16.6. The Kier molecular flexibility index (Phi) is 2.66. The van der Waals surface area contributed by atoms with Gasteiger partial charge in [-0.05, 0) is 20.3 Å². The molecule has 0 radical (unpaired) electrons. The van der Waals surface area contributed by atoms with E-state index in [0.717, 1.165) is 6.42 Å². The van der Waals surface area contributed by atoms with Gasteiger partial charge in [-0.1, -0.05) is 0 Å². The van der Waals surface area contributed by atoms with Crippen LogP contribution in [0.15, 0.2) is 11.1 Å². The van der Waals surface area contributed by atoms with E-state index in [4.69, 9.17) is 14.2 Å². The van der Waals surface area contributed by atoms with E-state index in [2.05, 4.69) is 0 Å². The van der Waals surface area contributed by atoms with Crippen LogP contribution in [0.3, 0.4) is 0 Å². The second kappa shape index (κ2) is 4.09. The van der Waals surface area contributed by atoms with Crippen LogP contribution in [0.1, 0.15) is 20.3 Å². The number of fused-ring (bicyclic) bond motifs is 5. The Morgan fingerprint density at radius 1 is 1.06 bits per heavy atom. The van der Waals surface area contributed by atoms with Crippen molar-refractivity contribution in [1.82, 2.24) is 0 Å². The molecule has 18 heavy (non-hydrogen) atoms. The highest BCUT2D eigenvalue weighted by Gasteiger charge is 2.65. The lowest BCUT2D eigenvalue weighted by molar-refractivity contribution is -0.142. The van der Waals surface area contributed by atoms with Gasteiger partial charge in [-0.15, -0.1) is 0 Å². The molecule has 98 valence electrons. The van der Waals surface area contributed by atoms with E-state index in [-0.39, 0.29) is 36.0 Å². The average molecular weight is 252 g/mol. The summed E-state index contributed by atoms with van der Waals surface area (Å²) in [6, 6.07) is 0. The van der Waals surface area contributed by atoms with E-state index >= 15 is 0 Å². The Balaban J connectivity index is 1.93. The van der Waals surface area contributed by atoms with Crippen molar-refractivity contribution in [2.45, 2.75) is 32.5 Å². The van der Waals surface area contributed by atoms with Gasteiger partial charge in [-0.3, -0.25) is 0 Å². The summed E-state index contributed by atoms with van der Waals surface area (Å²) in [6.45, 7) is 4.13. The maximum atomic E-state index is 12.0. The van der Waals surface area contributed by atoms with Crippen molar-refractivity contribution in [2.24, 2.45) is 11.8 Å². The minimum absolute atomic E-state index is 0.0263. The molecule has 5 nitrogen and oxygen atoms in total. The van der Waals surface area contributed by atoms with Crippen molar-refractivity contribution in [3.8, 4) is 0 Å². The van der Waals surface area contributed by atoms with Gasteiger partial charge in [-0.25, -0.2) is 9.59 Å². The summed E-state index contributed by atoms with van der Waals surface area (Å²) >= 11 is 0. The molecule has 3 aliphatic rings. The number of esters is 2. The van der Waals surface area contributed by atoms with Crippen LogP contribution in [-0.4, -0.2) is 37.4 Å². The van der Waals surface area contributed by atoms with Crippen molar-refractivity contribution in [3.63, 3.8) is 0 Å². The number of hydrogen-bond acceptors (Lipinski definition) is 5. The number of carbonyl (C=O) groups excluding carboxylic acids is 2. The topological polar surface area (TPSA) is 65.1 Å². The molecule has 0 amide bonds. The molecule has 0 aromatic heterocycles. The number of epoxide rings is 1. The van der Waals surface area contributed by atoms with Crippen molar-refractivity contribution in [1.29, 1.82) is 0 Å². The third kappa shape index (κ3) is 1.50. The zero-order chi connectivity index (χ0) is 12.9. The minimum atomic E-state index is -0.387. The van der Waals surface area contributed by atoms with Crippen LogP contribution >= 0.6 is 0 Å². The fraction of sp³-hybridized carbons (Fsp3) is 0.692. The summed E-state index contributed by atoms with van der Waals surface area (Å²) in [5.74, 6) is -0.721. The van der Waals surface area contributed by atoms with Crippen LogP contribution in [-0.2, 0) is 23.8 Å². The van der Waals surface area contributed by atoms with Crippen LogP contribution in [0.5, 0.6) is 0 Å². The van der Waals surface area contributed by atoms with Gasteiger partial charge < -0.3 is 14.2 Å². The molecule has 4 unspecified atom stereocenters. The van der Waals surface area contributed by atoms with Crippen LogP contribution in [0.4, 0.5) is 0 Å². The van der Waals surface area contributed by atoms with Gasteiger partial charge >= 0.3 is 11.9 Å². The maximum absolute atomic E-state index is 12.0. The molecule has 0 aromatic carbocycles. The lowest BCUT2D eigenvalue weighted by Gasteiger charge is -2.14. The molecule has 0 aromatic rings. The molecule has 1 aliphatic heterocycles. The third-order valence-corrected chi connectivity index (χ3v) is 3.88. The second-order valence-electron chi connectivity index (χ2n) is 4.78. The van der Waals surface area contributed by atoms with Gasteiger partial charge in [-0.2, -0.15) is 0 Å². The summed E-state index contributed by atoms with van der Waals surface area (Å²) in [5.41, 5.74) is 0.998. The Bertz CT molecular complexity index is 401. The summed E-state index contributed by atoms with van der Waals surface area (Å²) < 4.78 is 15.6. The average Bonchev–Trinajstić information content (AvgIpc) is 2.95. The zero-order valence-corrected chi connectivity index (χ0v) is 10.5. The number of hydrogen-bond donors (Lipinski definition) is 0. The summed E-state index contributed by atoms with van der Waals surface area (Å²) in [6.07, 6.45) is 1.05. The molecule has 0 spiro atoms. The normalized spacial score (nSPS) is 35.4. The summed E-state index contributed by atoms with van der Waals surface area (Å²) in [7, 11) is 0. The van der Waals surface area contributed by atoms with Crippen LogP contribution in [0, 0.1) is 11.8 Å². The Morgan fingerprint density at radius 2 is 1.50 bits per heavy atom. The van der Waals surface area contributed by atoms with Gasteiger partial charge in [0, 0.05) is 11.8 Å². The van der Waals surface area contributed by atoms with E-state index in [0.29, 0.717) is 24.4 Å². The fourth-order valence-corrected chi connectivity index (χ4v) is 3.23. The van der Waals surface area contributed by atoms with Crippen LogP contribution in [0.25, 0.3) is 0 Å². The first-order valence-corrected chi connectivity index (χ1v) is 6.42. The third-order valence-electron chi connectivity index (χ3n) is 3.88. The van der Waals surface area contributed by atoms with E-state index < -0.39 is 0 Å². The molecule has 2 fully saturated rings. The molecule has 1 saturated carbocycles. The quantitative estimate of drug-likeness (QED) is 0.547. The number of carbonyl (C=O) groups is 2. The first kappa shape index (κ1) is 11.7.